The summed E-state index contributed by atoms with van der Waals surface area (Å²) in [4.78, 5) is 10.7. The SMILES string of the molecule is c1ccc(C2N=C(c3ccc(-c4ccc5c(c4)C4(c6ccccc6-c6ccccc64)c4ccccc4-5)cc3)N=C(c3cc4c5ccccc5oc4c4c3sc3ccccc34)N2)cc1. The molecule has 0 fully saturated rings. The number of fused-ring (bicyclic) bond motifs is 17. The van der Waals surface area contributed by atoms with Gasteiger partial charge in [-0.15, -0.1) is 11.3 Å². The predicted octanol–water partition coefficient (Wildman–Crippen LogP) is 14.5. The molecule has 9 aromatic carbocycles. The molecule has 3 aliphatic rings. The highest BCUT2D eigenvalue weighted by Gasteiger charge is 2.51. The third-order valence-corrected chi connectivity index (χ3v) is 14.8. The topological polar surface area (TPSA) is 49.9 Å². The van der Waals surface area contributed by atoms with Gasteiger partial charge in [-0.2, -0.15) is 0 Å². The van der Waals surface area contributed by atoms with E-state index in [1.165, 1.54) is 60.2 Å². The number of rotatable bonds is 4. The molecule has 0 saturated carbocycles. The minimum atomic E-state index is -0.387. The lowest BCUT2D eigenvalue weighted by atomic mass is 9.70. The van der Waals surface area contributed by atoms with Gasteiger partial charge >= 0.3 is 0 Å². The van der Waals surface area contributed by atoms with Crippen LogP contribution in [0.15, 0.2) is 215 Å². The van der Waals surface area contributed by atoms with Crippen LogP contribution in [-0.4, -0.2) is 11.7 Å². The van der Waals surface area contributed by atoms with Crippen molar-refractivity contribution < 1.29 is 4.42 Å². The second kappa shape index (κ2) is 13.1. The van der Waals surface area contributed by atoms with Gasteiger partial charge in [-0.25, -0.2) is 9.98 Å². The van der Waals surface area contributed by atoms with Crippen LogP contribution in [0.25, 0.3) is 75.5 Å². The molecule has 2 aliphatic carbocycles. The number of aliphatic imine (C=N–C) groups is 2. The Bertz CT molecular complexity index is 3720. The van der Waals surface area contributed by atoms with Gasteiger partial charge < -0.3 is 9.73 Å². The Balaban J connectivity index is 0.915. The van der Waals surface area contributed by atoms with E-state index in [1.54, 1.807) is 11.3 Å². The molecule has 4 nitrogen and oxygen atoms in total. The largest absolute Gasteiger partial charge is 0.455 e. The molecule has 294 valence electrons. The standard InChI is InChI=1S/C58H35N3OS/c1-2-14-35(15-3-1)55-59-56(61-57(60-55)45-33-44-42-19-7-12-24-50(42)62-53(44)52-43-20-8-13-25-51(43)63-54(45)52)36-28-26-34(27-29-36)37-30-31-41-40-18-6-11-23-48(40)58(49(41)32-37)46-21-9-4-16-38(46)39-17-5-10-22-47(39)58/h1-33,55H,(H,59,60,61). The van der Waals surface area contributed by atoms with Gasteiger partial charge in [-0.3, -0.25) is 0 Å². The number of furan rings is 1. The van der Waals surface area contributed by atoms with Gasteiger partial charge in [0, 0.05) is 37.4 Å². The molecule has 1 unspecified atom stereocenters. The van der Waals surface area contributed by atoms with Gasteiger partial charge in [0.1, 0.15) is 23.2 Å². The van der Waals surface area contributed by atoms with Crippen molar-refractivity contribution in [2.45, 2.75) is 11.6 Å². The maximum absolute atomic E-state index is 6.62. The molecule has 1 atom stereocenters. The first-order valence-electron chi connectivity index (χ1n) is 21.5. The first kappa shape index (κ1) is 34.8. The van der Waals surface area contributed by atoms with E-state index in [9.17, 15) is 0 Å². The highest BCUT2D eigenvalue weighted by atomic mass is 32.1. The molecule has 0 bridgehead atoms. The zero-order chi connectivity index (χ0) is 41.2. The number of nitrogens with zero attached hydrogens (tertiary/aromatic N) is 2. The van der Waals surface area contributed by atoms with E-state index >= 15 is 0 Å². The molecular weight excluding hydrogens is 787 g/mol. The lowest BCUT2D eigenvalue weighted by Crippen LogP contribution is -2.33. The summed E-state index contributed by atoms with van der Waals surface area (Å²) in [5.41, 5.74) is 17.4. The van der Waals surface area contributed by atoms with Crippen molar-refractivity contribution in [3.05, 3.63) is 239 Å². The highest BCUT2D eigenvalue weighted by molar-refractivity contribution is 7.26. The highest BCUT2D eigenvalue weighted by Crippen LogP contribution is 2.63. The van der Waals surface area contributed by atoms with Crippen molar-refractivity contribution in [3.63, 3.8) is 0 Å². The van der Waals surface area contributed by atoms with Crippen LogP contribution in [0.3, 0.4) is 0 Å². The van der Waals surface area contributed by atoms with E-state index < -0.39 is 0 Å². The fourth-order valence-electron chi connectivity index (χ4n) is 10.8. The average molecular weight is 822 g/mol. The summed E-state index contributed by atoms with van der Waals surface area (Å²) in [5.74, 6) is 1.49. The van der Waals surface area contributed by atoms with Crippen molar-refractivity contribution >= 4 is 65.1 Å². The Labute approximate surface area is 367 Å². The van der Waals surface area contributed by atoms with Crippen LogP contribution >= 0.6 is 11.3 Å². The summed E-state index contributed by atoms with van der Waals surface area (Å²) in [7, 11) is 0. The summed E-state index contributed by atoms with van der Waals surface area (Å²) in [5, 5.41) is 8.25. The Hall–Kier alpha value is -7.86. The Kier molecular flexibility index (Phi) is 7.22. The number of hydrogen-bond acceptors (Lipinski definition) is 5. The van der Waals surface area contributed by atoms with Gasteiger partial charge in [0.15, 0.2) is 5.84 Å². The van der Waals surface area contributed by atoms with Crippen molar-refractivity contribution in [1.82, 2.24) is 5.32 Å². The van der Waals surface area contributed by atoms with Gasteiger partial charge in [0.2, 0.25) is 0 Å². The summed E-state index contributed by atoms with van der Waals surface area (Å²) in [6.45, 7) is 0. The van der Waals surface area contributed by atoms with Crippen LogP contribution in [-0.2, 0) is 5.41 Å². The number of amidine groups is 2. The molecule has 3 heterocycles. The molecule has 0 radical (unpaired) electrons. The minimum absolute atomic E-state index is 0.332. The molecule has 0 amide bonds. The van der Waals surface area contributed by atoms with Crippen LogP contribution in [0.2, 0.25) is 0 Å². The van der Waals surface area contributed by atoms with E-state index in [1.807, 2.05) is 12.1 Å². The molecule has 1 aliphatic heterocycles. The van der Waals surface area contributed by atoms with Crippen LogP contribution in [0.5, 0.6) is 0 Å². The van der Waals surface area contributed by atoms with Crippen molar-refractivity contribution in [2.24, 2.45) is 9.98 Å². The molecule has 1 N–H and O–H groups in total. The normalized spacial score (nSPS) is 15.6. The second-order valence-corrected chi connectivity index (χ2v) is 17.8. The van der Waals surface area contributed by atoms with Crippen molar-refractivity contribution in [1.29, 1.82) is 0 Å². The second-order valence-electron chi connectivity index (χ2n) is 16.8. The number of thiophene rings is 1. The minimum Gasteiger partial charge on any atom is -0.455 e. The third-order valence-electron chi connectivity index (χ3n) is 13.6. The third kappa shape index (κ3) is 4.85. The summed E-state index contributed by atoms with van der Waals surface area (Å²) < 4.78 is 8.98. The van der Waals surface area contributed by atoms with Gasteiger partial charge in [-0.05, 0) is 85.5 Å². The molecular formula is C58H35N3OS. The molecule has 5 heteroatoms. The van der Waals surface area contributed by atoms with E-state index in [0.29, 0.717) is 5.84 Å². The van der Waals surface area contributed by atoms with Crippen LogP contribution in [0.4, 0.5) is 0 Å². The van der Waals surface area contributed by atoms with Gasteiger partial charge in [0.05, 0.1) is 10.1 Å². The molecule has 2 aromatic heterocycles. The predicted molar refractivity (Wildman–Crippen MR) is 260 cm³/mol. The average Bonchev–Trinajstić information content (AvgIpc) is 4.09. The summed E-state index contributed by atoms with van der Waals surface area (Å²) in [6, 6.07) is 72.5. The maximum atomic E-state index is 6.62. The number of nitrogens with one attached hydrogen (secondary N) is 1. The lowest BCUT2D eigenvalue weighted by molar-refractivity contribution is 0.672. The zero-order valence-corrected chi connectivity index (χ0v) is 34.7. The van der Waals surface area contributed by atoms with E-state index in [0.717, 1.165) is 60.1 Å². The summed E-state index contributed by atoms with van der Waals surface area (Å²) in [6.07, 6.45) is -0.332. The smallest absolute Gasteiger partial charge is 0.159 e. The fraction of sp³-hybridized carbons (Fsp3) is 0.0345. The maximum Gasteiger partial charge on any atom is 0.159 e. The monoisotopic (exact) mass is 821 g/mol. The quantitative estimate of drug-likeness (QED) is 0.192. The number of para-hydroxylation sites is 1. The first-order valence-corrected chi connectivity index (χ1v) is 22.3. The van der Waals surface area contributed by atoms with Crippen LogP contribution in [0, 0.1) is 0 Å². The van der Waals surface area contributed by atoms with Crippen molar-refractivity contribution in [3.8, 4) is 33.4 Å². The Morgan fingerprint density at radius 3 is 1.79 bits per heavy atom. The van der Waals surface area contributed by atoms with Crippen molar-refractivity contribution in [2.75, 3.05) is 0 Å². The van der Waals surface area contributed by atoms with E-state index in [2.05, 4.69) is 193 Å². The molecule has 0 saturated heterocycles. The molecule has 1 spiro atoms. The lowest BCUT2D eigenvalue weighted by Gasteiger charge is -2.30. The summed E-state index contributed by atoms with van der Waals surface area (Å²) >= 11 is 1.78. The van der Waals surface area contributed by atoms with Gasteiger partial charge in [0.25, 0.3) is 0 Å². The van der Waals surface area contributed by atoms with E-state index in [4.69, 9.17) is 14.4 Å². The number of benzene rings is 9. The van der Waals surface area contributed by atoms with Crippen LogP contribution < -0.4 is 5.32 Å². The van der Waals surface area contributed by atoms with E-state index in [-0.39, 0.29) is 11.6 Å². The zero-order valence-electron chi connectivity index (χ0n) is 33.8. The van der Waals surface area contributed by atoms with Crippen LogP contribution in [0.1, 0.15) is 45.1 Å². The Morgan fingerprint density at radius 2 is 1.06 bits per heavy atom. The Morgan fingerprint density at radius 1 is 0.476 bits per heavy atom. The number of hydrogen-bond donors (Lipinski definition) is 1. The first-order chi connectivity index (χ1) is 31.2. The molecule has 11 aromatic rings. The molecule has 14 rings (SSSR count). The van der Waals surface area contributed by atoms with Gasteiger partial charge in [-0.1, -0.05) is 176 Å². The molecule has 63 heavy (non-hydrogen) atoms. The fourth-order valence-corrected chi connectivity index (χ4v) is 12.1.